The number of carboxylic acids is 1. The first kappa shape index (κ1) is 23.2. The van der Waals surface area contributed by atoms with Crippen LogP contribution in [-0.4, -0.2) is 41.2 Å². The highest BCUT2D eigenvalue weighted by atomic mass is 35.5. The van der Waals surface area contributed by atoms with Crippen LogP contribution in [0.25, 0.3) is 6.08 Å². The number of carboxylic acid groups (broad SMARTS) is 1. The van der Waals surface area contributed by atoms with Crippen LogP contribution >= 0.6 is 23.8 Å². The second-order valence-corrected chi connectivity index (χ2v) is 7.81. The molecule has 32 heavy (non-hydrogen) atoms. The molecule has 0 unspecified atom stereocenters. The molecule has 8 nitrogen and oxygen atoms in total. The number of hydrogen-bond donors (Lipinski definition) is 2. The molecular formula is C22H19ClN2O6S. The largest absolute Gasteiger partial charge is 0.493 e. The molecule has 0 aliphatic carbocycles. The third-order valence-corrected chi connectivity index (χ3v) is 4.93. The molecule has 166 valence electrons. The van der Waals surface area contributed by atoms with Gasteiger partial charge in [0.2, 0.25) is 0 Å². The van der Waals surface area contributed by atoms with Crippen molar-refractivity contribution < 1.29 is 29.0 Å². The lowest BCUT2D eigenvalue weighted by molar-refractivity contribution is -0.122. The number of carbonyl (C=O) groups excluding carboxylic acids is 2. The molecule has 2 aromatic carbocycles. The fraction of sp³-hybridized carbons (Fsp3) is 0.182. The molecule has 2 amide bonds. The monoisotopic (exact) mass is 474 g/mol. The molecule has 0 aromatic heterocycles. The fourth-order valence-electron chi connectivity index (χ4n) is 3.01. The van der Waals surface area contributed by atoms with Crippen LogP contribution in [0.2, 0.25) is 5.02 Å². The van der Waals surface area contributed by atoms with Gasteiger partial charge in [-0.25, -0.2) is 4.79 Å². The number of aromatic carboxylic acids is 1. The maximum atomic E-state index is 13.2. The summed E-state index contributed by atoms with van der Waals surface area (Å²) in [6.07, 6.45) is 1.20. The normalized spacial score (nSPS) is 15.2. The zero-order valence-electron chi connectivity index (χ0n) is 17.3. The van der Waals surface area contributed by atoms with Gasteiger partial charge in [0.25, 0.3) is 11.8 Å². The van der Waals surface area contributed by atoms with Crippen LogP contribution in [0.1, 0.15) is 29.8 Å². The van der Waals surface area contributed by atoms with Crippen molar-refractivity contribution in [2.24, 2.45) is 0 Å². The van der Waals surface area contributed by atoms with Crippen molar-refractivity contribution >= 4 is 58.5 Å². The van der Waals surface area contributed by atoms with Crippen LogP contribution in [-0.2, 0) is 9.59 Å². The van der Waals surface area contributed by atoms with E-state index in [2.05, 4.69) is 5.32 Å². The molecule has 2 N–H and O–H groups in total. The number of anilines is 1. The first-order valence-corrected chi connectivity index (χ1v) is 10.2. The summed E-state index contributed by atoms with van der Waals surface area (Å²) in [7, 11) is 1.45. The third kappa shape index (κ3) is 4.74. The molecule has 0 spiro atoms. The zero-order valence-corrected chi connectivity index (χ0v) is 18.9. The molecule has 1 fully saturated rings. The maximum absolute atomic E-state index is 13.2. The molecule has 3 rings (SSSR count). The summed E-state index contributed by atoms with van der Waals surface area (Å²) >= 11 is 11.5. The molecule has 10 heteroatoms. The van der Waals surface area contributed by atoms with Crippen molar-refractivity contribution in [1.29, 1.82) is 0 Å². The molecule has 0 radical (unpaired) electrons. The average Bonchev–Trinajstić information content (AvgIpc) is 2.72. The minimum atomic E-state index is -1.16. The van der Waals surface area contributed by atoms with Gasteiger partial charge in [-0.05, 0) is 68.0 Å². The van der Waals surface area contributed by atoms with Crippen LogP contribution in [0.4, 0.5) is 5.69 Å². The predicted octanol–water partition coefficient (Wildman–Crippen LogP) is 3.67. The van der Waals surface area contributed by atoms with Gasteiger partial charge in [-0.15, -0.1) is 0 Å². The highest BCUT2D eigenvalue weighted by Crippen LogP contribution is 2.38. The highest BCUT2D eigenvalue weighted by Gasteiger charge is 2.34. The van der Waals surface area contributed by atoms with Gasteiger partial charge < -0.3 is 14.6 Å². The van der Waals surface area contributed by atoms with Crippen LogP contribution in [0.15, 0.2) is 42.0 Å². The van der Waals surface area contributed by atoms with Gasteiger partial charge in [0.05, 0.1) is 29.5 Å². The van der Waals surface area contributed by atoms with Gasteiger partial charge in [0, 0.05) is 0 Å². The van der Waals surface area contributed by atoms with E-state index in [1.807, 2.05) is 13.8 Å². The summed E-state index contributed by atoms with van der Waals surface area (Å²) in [4.78, 5) is 38.0. The number of ether oxygens (including phenoxy) is 2. The number of benzene rings is 2. The Morgan fingerprint density at radius 3 is 2.59 bits per heavy atom. The SMILES string of the molecule is COc1cc(C=C2C(=O)NC(=S)N(c3cccc(C(=O)O)c3)C2=O)cc(Cl)c1OC(C)C. The topological polar surface area (TPSA) is 105 Å². The van der Waals surface area contributed by atoms with E-state index < -0.39 is 17.8 Å². The van der Waals surface area contributed by atoms with Gasteiger partial charge in [-0.1, -0.05) is 17.7 Å². The number of carbonyl (C=O) groups is 3. The van der Waals surface area contributed by atoms with Gasteiger partial charge in [0.15, 0.2) is 16.6 Å². The van der Waals surface area contributed by atoms with Crippen LogP contribution in [0, 0.1) is 0 Å². The second kappa shape index (κ2) is 9.37. The Labute approximate surface area is 194 Å². The third-order valence-electron chi connectivity index (χ3n) is 4.37. The lowest BCUT2D eigenvalue weighted by atomic mass is 10.1. The molecule has 0 saturated carbocycles. The Morgan fingerprint density at radius 1 is 1.25 bits per heavy atom. The van der Waals surface area contributed by atoms with Crippen molar-refractivity contribution in [3.05, 3.63) is 58.1 Å². The number of hydrogen-bond acceptors (Lipinski definition) is 6. The summed E-state index contributed by atoms with van der Waals surface area (Å²) in [5.41, 5.74) is 0.392. The Bertz CT molecular complexity index is 1160. The Kier molecular flexibility index (Phi) is 6.81. The van der Waals surface area contributed by atoms with E-state index >= 15 is 0 Å². The first-order chi connectivity index (χ1) is 15.1. The number of methoxy groups -OCH3 is 1. The fourth-order valence-corrected chi connectivity index (χ4v) is 3.55. The predicted molar refractivity (Wildman–Crippen MR) is 123 cm³/mol. The highest BCUT2D eigenvalue weighted by molar-refractivity contribution is 7.80. The minimum absolute atomic E-state index is 0.0298. The summed E-state index contributed by atoms with van der Waals surface area (Å²) < 4.78 is 11.0. The number of nitrogens with one attached hydrogen (secondary N) is 1. The standard InChI is InChI=1S/C22H19ClN2O6S/c1-11(2)31-18-16(23)8-12(9-17(18)30-3)7-15-19(26)24-22(32)25(20(15)27)14-6-4-5-13(10-14)21(28)29/h4-11H,1-3H3,(H,28,29)(H,24,26,32). The van der Waals surface area contributed by atoms with E-state index in [1.54, 1.807) is 6.07 Å². The van der Waals surface area contributed by atoms with Crippen molar-refractivity contribution in [2.45, 2.75) is 20.0 Å². The van der Waals surface area contributed by atoms with Crippen molar-refractivity contribution in [3.8, 4) is 11.5 Å². The Morgan fingerprint density at radius 2 is 1.97 bits per heavy atom. The van der Waals surface area contributed by atoms with Crippen LogP contribution in [0.3, 0.4) is 0 Å². The molecule has 1 aliphatic rings. The Balaban J connectivity index is 2.04. The summed E-state index contributed by atoms with van der Waals surface area (Å²) in [6, 6.07) is 8.79. The van der Waals surface area contributed by atoms with Crippen molar-refractivity contribution in [1.82, 2.24) is 5.32 Å². The van der Waals surface area contributed by atoms with Gasteiger partial charge in [0.1, 0.15) is 5.57 Å². The zero-order chi connectivity index (χ0) is 23.6. The molecular weight excluding hydrogens is 456 g/mol. The number of rotatable bonds is 6. The molecule has 1 heterocycles. The quantitative estimate of drug-likeness (QED) is 0.374. The van der Waals surface area contributed by atoms with Gasteiger partial charge in [-0.3, -0.25) is 19.8 Å². The first-order valence-electron chi connectivity index (χ1n) is 9.41. The number of amides is 2. The molecule has 1 saturated heterocycles. The number of thiocarbonyl (C=S) groups is 1. The molecule has 0 bridgehead atoms. The lowest BCUT2D eigenvalue weighted by Gasteiger charge is -2.29. The van der Waals surface area contributed by atoms with Crippen LogP contribution < -0.4 is 19.7 Å². The van der Waals surface area contributed by atoms with E-state index in [-0.39, 0.29) is 33.1 Å². The van der Waals surface area contributed by atoms with Gasteiger partial charge in [-0.2, -0.15) is 0 Å². The van der Waals surface area contributed by atoms with E-state index in [0.29, 0.717) is 17.1 Å². The Hall–Kier alpha value is -3.43. The summed E-state index contributed by atoms with van der Waals surface area (Å²) in [6.45, 7) is 3.68. The summed E-state index contributed by atoms with van der Waals surface area (Å²) in [5, 5.41) is 11.8. The second-order valence-electron chi connectivity index (χ2n) is 7.01. The van der Waals surface area contributed by atoms with E-state index in [9.17, 15) is 19.5 Å². The molecule has 2 aromatic rings. The van der Waals surface area contributed by atoms with E-state index in [0.717, 1.165) is 4.90 Å². The van der Waals surface area contributed by atoms with E-state index in [4.69, 9.17) is 33.3 Å². The summed E-state index contributed by atoms with van der Waals surface area (Å²) in [5.74, 6) is -1.88. The molecule has 1 aliphatic heterocycles. The van der Waals surface area contributed by atoms with Crippen LogP contribution in [0.5, 0.6) is 11.5 Å². The van der Waals surface area contributed by atoms with Gasteiger partial charge >= 0.3 is 5.97 Å². The smallest absolute Gasteiger partial charge is 0.335 e. The number of halogens is 1. The van der Waals surface area contributed by atoms with Crippen molar-refractivity contribution in [3.63, 3.8) is 0 Å². The number of nitrogens with zero attached hydrogens (tertiary/aromatic N) is 1. The average molecular weight is 475 g/mol. The molecule has 0 atom stereocenters. The lowest BCUT2D eigenvalue weighted by Crippen LogP contribution is -2.54. The minimum Gasteiger partial charge on any atom is -0.493 e. The van der Waals surface area contributed by atoms with E-state index in [1.165, 1.54) is 43.5 Å². The maximum Gasteiger partial charge on any atom is 0.335 e. The van der Waals surface area contributed by atoms with Crippen molar-refractivity contribution in [2.75, 3.05) is 12.0 Å².